The van der Waals surface area contributed by atoms with Gasteiger partial charge in [-0.2, -0.15) is 0 Å². The first-order valence-electron chi connectivity index (χ1n) is 6.75. The van der Waals surface area contributed by atoms with Crippen LogP contribution in [-0.2, 0) is 18.3 Å². The monoisotopic (exact) mass is 231 g/mol. The first kappa shape index (κ1) is 11.1. The fourth-order valence-electron chi connectivity index (χ4n) is 3.31. The Hall–Kier alpha value is -1.02. The van der Waals surface area contributed by atoms with Crippen LogP contribution in [0.3, 0.4) is 0 Å². The summed E-state index contributed by atoms with van der Waals surface area (Å²) in [4.78, 5) is 0. The normalized spacial score (nSPS) is 22.9. The predicted molar refractivity (Wildman–Crippen MR) is 69.3 cm³/mol. The molecule has 3 N–H and O–H groups in total. The van der Waals surface area contributed by atoms with E-state index in [-0.39, 0.29) is 11.5 Å². The highest BCUT2D eigenvalue weighted by Crippen LogP contribution is 2.54. The Balaban J connectivity index is 2.07. The van der Waals surface area contributed by atoms with Crippen molar-refractivity contribution in [3.63, 3.8) is 0 Å². The summed E-state index contributed by atoms with van der Waals surface area (Å²) in [6, 6.07) is 4.47. The number of nitrogens with two attached hydrogens (primary N) is 1. The van der Waals surface area contributed by atoms with Gasteiger partial charge in [-0.1, -0.05) is 12.1 Å². The van der Waals surface area contributed by atoms with Crippen LogP contribution in [0.2, 0.25) is 0 Å². The van der Waals surface area contributed by atoms with Crippen molar-refractivity contribution in [2.45, 2.75) is 56.9 Å². The summed E-state index contributed by atoms with van der Waals surface area (Å²) in [7, 11) is 0. The first-order valence-corrected chi connectivity index (χ1v) is 6.75. The topological polar surface area (TPSA) is 46.2 Å². The zero-order valence-electron chi connectivity index (χ0n) is 10.5. The predicted octanol–water partition coefficient (Wildman–Crippen LogP) is 2.65. The van der Waals surface area contributed by atoms with E-state index in [0.29, 0.717) is 5.75 Å². The second-order valence-corrected chi connectivity index (χ2v) is 5.75. The van der Waals surface area contributed by atoms with Crippen molar-refractivity contribution in [2.24, 2.45) is 5.73 Å². The number of aromatic hydroxyl groups is 1. The highest BCUT2D eigenvalue weighted by Gasteiger charge is 2.49. The molecule has 1 saturated carbocycles. The van der Waals surface area contributed by atoms with E-state index >= 15 is 0 Å². The van der Waals surface area contributed by atoms with Crippen molar-refractivity contribution in [2.75, 3.05) is 0 Å². The Bertz CT molecular complexity index is 446. The van der Waals surface area contributed by atoms with E-state index in [1.807, 2.05) is 0 Å². The van der Waals surface area contributed by atoms with Crippen LogP contribution >= 0.6 is 0 Å². The average molecular weight is 231 g/mol. The van der Waals surface area contributed by atoms with E-state index in [1.54, 1.807) is 0 Å². The molecule has 0 aliphatic heterocycles. The molecule has 3 rings (SSSR count). The maximum absolute atomic E-state index is 10.5. The first-order chi connectivity index (χ1) is 8.15. The number of hydrogen-bond donors (Lipinski definition) is 2. The number of aryl methyl sites for hydroxylation is 1. The van der Waals surface area contributed by atoms with Gasteiger partial charge in [-0.05, 0) is 56.6 Å². The van der Waals surface area contributed by atoms with Gasteiger partial charge in [0.15, 0.2) is 0 Å². The average Bonchev–Trinajstić information content (AvgIpc) is 3.11. The quantitative estimate of drug-likeness (QED) is 0.822. The van der Waals surface area contributed by atoms with Gasteiger partial charge in [0, 0.05) is 17.0 Å². The van der Waals surface area contributed by atoms with Crippen LogP contribution in [0.1, 0.15) is 49.3 Å². The van der Waals surface area contributed by atoms with Gasteiger partial charge in [-0.25, -0.2) is 0 Å². The molecule has 0 radical (unpaired) electrons. The Morgan fingerprint density at radius 1 is 1.24 bits per heavy atom. The van der Waals surface area contributed by atoms with Crippen LogP contribution in [0.25, 0.3) is 0 Å². The second kappa shape index (κ2) is 3.74. The van der Waals surface area contributed by atoms with Gasteiger partial charge in [-0.3, -0.25) is 0 Å². The molecule has 0 heterocycles. The molecule has 0 saturated heterocycles. The van der Waals surface area contributed by atoms with Crippen molar-refractivity contribution in [3.8, 4) is 5.75 Å². The molecule has 1 atom stereocenters. The highest BCUT2D eigenvalue weighted by molar-refractivity contribution is 5.52. The Morgan fingerprint density at radius 3 is 2.59 bits per heavy atom. The molecule has 1 aromatic carbocycles. The molecule has 0 aromatic heterocycles. The van der Waals surface area contributed by atoms with Crippen LogP contribution in [0.15, 0.2) is 12.1 Å². The SMILES string of the molecule is CC(N)C1(c2ccc3c(c2O)CCCC3)CC1. The highest BCUT2D eigenvalue weighted by atomic mass is 16.3. The van der Waals surface area contributed by atoms with Gasteiger partial charge in [-0.15, -0.1) is 0 Å². The van der Waals surface area contributed by atoms with Gasteiger partial charge in [0.2, 0.25) is 0 Å². The van der Waals surface area contributed by atoms with E-state index in [9.17, 15) is 5.11 Å². The molecule has 92 valence electrons. The molecule has 2 aliphatic carbocycles. The fraction of sp³-hybridized carbons (Fsp3) is 0.600. The molecular formula is C15H21NO. The molecule has 0 spiro atoms. The lowest BCUT2D eigenvalue weighted by Gasteiger charge is -2.25. The summed E-state index contributed by atoms with van der Waals surface area (Å²) in [6.45, 7) is 2.06. The van der Waals surface area contributed by atoms with E-state index < -0.39 is 0 Å². The van der Waals surface area contributed by atoms with Crippen molar-refractivity contribution >= 4 is 0 Å². The smallest absolute Gasteiger partial charge is 0.122 e. The van der Waals surface area contributed by atoms with Crippen LogP contribution in [0.5, 0.6) is 5.75 Å². The third-order valence-electron chi connectivity index (χ3n) is 4.70. The summed E-state index contributed by atoms with van der Waals surface area (Å²) < 4.78 is 0. The van der Waals surface area contributed by atoms with Gasteiger partial charge in [0.1, 0.15) is 5.75 Å². The zero-order chi connectivity index (χ0) is 12.0. The Kier molecular flexibility index (Phi) is 2.44. The lowest BCUT2D eigenvalue weighted by molar-refractivity contribution is 0.435. The van der Waals surface area contributed by atoms with Crippen molar-refractivity contribution in [3.05, 3.63) is 28.8 Å². The Labute approximate surface area is 103 Å². The molecule has 1 unspecified atom stereocenters. The second-order valence-electron chi connectivity index (χ2n) is 5.75. The van der Waals surface area contributed by atoms with E-state index in [0.717, 1.165) is 31.2 Å². The van der Waals surface area contributed by atoms with Gasteiger partial charge in [0.05, 0.1) is 0 Å². The number of hydrogen-bond acceptors (Lipinski definition) is 2. The number of phenolic OH excluding ortho intramolecular Hbond substituents is 1. The van der Waals surface area contributed by atoms with Crippen molar-refractivity contribution in [1.29, 1.82) is 0 Å². The summed E-state index contributed by atoms with van der Waals surface area (Å²) in [5, 5.41) is 10.5. The summed E-state index contributed by atoms with van der Waals surface area (Å²) in [6.07, 6.45) is 6.85. The van der Waals surface area contributed by atoms with E-state index in [1.165, 1.54) is 24.0 Å². The minimum Gasteiger partial charge on any atom is -0.507 e. The maximum atomic E-state index is 10.5. The summed E-state index contributed by atoms with van der Waals surface area (Å²) in [5.41, 5.74) is 9.81. The number of rotatable bonds is 2. The molecule has 0 amide bonds. The lowest BCUT2D eigenvalue weighted by atomic mass is 9.83. The molecule has 2 heteroatoms. The van der Waals surface area contributed by atoms with Gasteiger partial charge in [0.25, 0.3) is 0 Å². The van der Waals surface area contributed by atoms with Crippen LogP contribution < -0.4 is 5.73 Å². The Morgan fingerprint density at radius 2 is 1.94 bits per heavy atom. The number of fused-ring (bicyclic) bond motifs is 1. The van der Waals surface area contributed by atoms with Crippen molar-refractivity contribution < 1.29 is 5.11 Å². The molecule has 17 heavy (non-hydrogen) atoms. The maximum Gasteiger partial charge on any atom is 0.122 e. The third-order valence-corrected chi connectivity index (χ3v) is 4.70. The minimum atomic E-state index is 0.0660. The van der Waals surface area contributed by atoms with Crippen LogP contribution in [-0.4, -0.2) is 11.1 Å². The van der Waals surface area contributed by atoms with E-state index in [2.05, 4.69) is 19.1 Å². The molecule has 1 fully saturated rings. The van der Waals surface area contributed by atoms with Crippen LogP contribution in [0, 0.1) is 0 Å². The van der Waals surface area contributed by atoms with Crippen LogP contribution in [0.4, 0.5) is 0 Å². The van der Waals surface area contributed by atoms with Crippen molar-refractivity contribution in [1.82, 2.24) is 0 Å². The summed E-state index contributed by atoms with van der Waals surface area (Å²) >= 11 is 0. The summed E-state index contributed by atoms with van der Waals surface area (Å²) in [5.74, 6) is 0.553. The molecule has 2 aliphatic rings. The van der Waals surface area contributed by atoms with Gasteiger partial charge >= 0.3 is 0 Å². The standard InChI is InChI=1S/C15H21NO/c1-10(16)15(8-9-15)13-7-6-11-4-2-3-5-12(11)14(13)17/h6-7,10,17H,2-5,8-9,16H2,1H3. The molecule has 1 aromatic rings. The number of benzene rings is 1. The zero-order valence-corrected chi connectivity index (χ0v) is 10.5. The van der Waals surface area contributed by atoms with Gasteiger partial charge < -0.3 is 10.8 Å². The third kappa shape index (κ3) is 1.58. The van der Waals surface area contributed by atoms with E-state index in [4.69, 9.17) is 5.73 Å². The molecule has 2 nitrogen and oxygen atoms in total. The minimum absolute atomic E-state index is 0.0660. The lowest BCUT2D eigenvalue weighted by Crippen LogP contribution is -2.31. The fourth-order valence-corrected chi connectivity index (χ4v) is 3.31. The number of phenols is 1. The molecular weight excluding hydrogens is 210 g/mol. The largest absolute Gasteiger partial charge is 0.507 e. The molecule has 0 bridgehead atoms.